The first-order valence-electron chi connectivity index (χ1n) is 5.66. The van der Waals surface area contributed by atoms with Crippen molar-refractivity contribution in [3.05, 3.63) is 43.0 Å². The van der Waals surface area contributed by atoms with Gasteiger partial charge in [-0.3, -0.25) is 0 Å². The first-order valence-corrected chi connectivity index (χ1v) is 7.08. The zero-order valence-corrected chi connectivity index (χ0v) is 10.5. The minimum atomic E-state index is -0.404. The Bertz CT molecular complexity index is 315. The molecule has 0 radical (unpaired) electrons. The van der Waals surface area contributed by atoms with Crippen LogP contribution < -0.4 is 5.19 Å². The van der Waals surface area contributed by atoms with E-state index in [9.17, 15) is 0 Å². The van der Waals surface area contributed by atoms with Crippen molar-refractivity contribution in [2.75, 3.05) is 6.61 Å². The molecule has 1 aromatic rings. The molecular weight excluding hydrogens is 200 g/mol. The normalized spacial score (nSPS) is 26.9. The summed E-state index contributed by atoms with van der Waals surface area (Å²) in [6.07, 6.45) is 5.70. The highest BCUT2D eigenvalue weighted by atomic mass is 28.2. The van der Waals surface area contributed by atoms with E-state index in [1.807, 2.05) is 6.08 Å². The highest BCUT2D eigenvalue weighted by molar-refractivity contribution is 6.57. The zero-order chi connectivity index (χ0) is 10.6. The molecule has 2 rings (SSSR count). The molecule has 0 saturated carbocycles. The van der Waals surface area contributed by atoms with E-state index < -0.39 is 9.52 Å². The Hall–Kier alpha value is -0.863. The topological polar surface area (TPSA) is 9.23 Å². The summed E-state index contributed by atoms with van der Waals surface area (Å²) < 4.78 is 5.96. The summed E-state index contributed by atoms with van der Waals surface area (Å²) in [4.78, 5) is 0. The second kappa shape index (κ2) is 4.77. The third kappa shape index (κ3) is 2.58. The summed E-state index contributed by atoms with van der Waals surface area (Å²) in [6, 6.07) is 10.7. The van der Waals surface area contributed by atoms with Crippen molar-refractivity contribution >= 4 is 14.7 Å². The van der Waals surface area contributed by atoms with Gasteiger partial charge in [0.25, 0.3) is 0 Å². The minimum absolute atomic E-state index is 0.0274. The number of benzene rings is 1. The van der Waals surface area contributed by atoms with Gasteiger partial charge in [0.15, 0.2) is 0 Å². The van der Waals surface area contributed by atoms with E-state index in [2.05, 4.69) is 36.9 Å². The minimum Gasteiger partial charge on any atom is -0.375 e. The Morgan fingerprint density at radius 2 is 2.07 bits per heavy atom. The van der Waals surface area contributed by atoms with Crippen molar-refractivity contribution in [2.24, 2.45) is 0 Å². The van der Waals surface area contributed by atoms with Gasteiger partial charge in [0, 0.05) is 6.61 Å². The van der Waals surface area contributed by atoms with Crippen LogP contribution in [0.4, 0.5) is 0 Å². The first-order chi connectivity index (χ1) is 7.35. The second-order valence-corrected chi connectivity index (χ2v) is 6.60. The number of ether oxygens (including phenoxy) is 1. The van der Waals surface area contributed by atoms with Crippen LogP contribution in [0.15, 0.2) is 43.0 Å². The molecule has 1 heterocycles. The molecule has 0 amide bonds. The highest BCUT2D eigenvalue weighted by Crippen LogP contribution is 2.24. The van der Waals surface area contributed by atoms with E-state index in [-0.39, 0.29) is 5.22 Å². The molecule has 1 atom stereocenters. The Kier molecular flexibility index (Phi) is 3.39. The Morgan fingerprint density at radius 3 is 2.67 bits per heavy atom. The average molecular weight is 218 g/mol. The monoisotopic (exact) mass is 218 g/mol. The van der Waals surface area contributed by atoms with E-state index in [1.54, 1.807) is 0 Å². The Balaban J connectivity index is 2.10. The molecule has 15 heavy (non-hydrogen) atoms. The maximum absolute atomic E-state index is 5.96. The zero-order valence-electron chi connectivity index (χ0n) is 9.11. The van der Waals surface area contributed by atoms with Crippen LogP contribution in [0.5, 0.6) is 0 Å². The molecule has 1 aliphatic heterocycles. The lowest BCUT2D eigenvalue weighted by Gasteiger charge is -2.34. The number of hydrogen-bond acceptors (Lipinski definition) is 1. The molecule has 0 spiro atoms. The van der Waals surface area contributed by atoms with Crippen LogP contribution in [-0.4, -0.2) is 21.4 Å². The molecule has 1 fully saturated rings. The van der Waals surface area contributed by atoms with E-state index >= 15 is 0 Å². The quantitative estimate of drug-likeness (QED) is 0.553. The maximum Gasteiger partial charge on any atom is 0.0974 e. The fourth-order valence-electron chi connectivity index (χ4n) is 2.19. The molecule has 80 valence electrons. The van der Waals surface area contributed by atoms with Crippen LogP contribution in [0.3, 0.4) is 0 Å². The SMILES string of the molecule is C=CC1([SiH2]c2ccccc2)CCCCO1. The lowest BCUT2D eigenvalue weighted by molar-refractivity contribution is 0.0139. The maximum atomic E-state index is 5.96. The van der Waals surface area contributed by atoms with Gasteiger partial charge in [-0.15, -0.1) is 6.58 Å². The van der Waals surface area contributed by atoms with Crippen molar-refractivity contribution in [3.63, 3.8) is 0 Å². The lowest BCUT2D eigenvalue weighted by Crippen LogP contribution is -2.45. The van der Waals surface area contributed by atoms with Gasteiger partial charge in [-0.2, -0.15) is 0 Å². The second-order valence-electron chi connectivity index (χ2n) is 4.24. The standard InChI is InChI=1S/C13H18OSi/c1-2-13(10-6-7-11-14-13)15-12-8-4-3-5-9-12/h2-5,8-9H,1,6-7,10-11,15H2. The predicted octanol–water partition coefficient (Wildman–Crippen LogP) is 1.56. The van der Waals surface area contributed by atoms with Gasteiger partial charge in [0.05, 0.1) is 14.7 Å². The molecule has 1 aromatic carbocycles. The van der Waals surface area contributed by atoms with Gasteiger partial charge in [-0.1, -0.05) is 41.6 Å². The summed E-state index contributed by atoms with van der Waals surface area (Å²) in [5.41, 5.74) is 0. The third-order valence-electron chi connectivity index (χ3n) is 3.10. The molecule has 1 saturated heterocycles. The van der Waals surface area contributed by atoms with Crippen LogP contribution in [0, 0.1) is 0 Å². The first kappa shape index (κ1) is 10.6. The van der Waals surface area contributed by atoms with Gasteiger partial charge >= 0.3 is 0 Å². The Labute approximate surface area is 94.0 Å². The van der Waals surface area contributed by atoms with Crippen LogP contribution in [-0.2, 0) is 4.74 Å². The Morgan fingerprint density at radius 1 is 1.27 bits per heavy atom. The summed E-state index contributed by atoms with van der Waals surface area (Å²) in [7, 11) is -0.404. The molecule has 1 unspecified atom stereocenters. The van der Waals surface area contributed by atoms with Crippen LogP contribution in [0.2, 0.25) is 0 Å². The highest BCUT2D eigenvalue weighted by Gasteiger charge is 2.30. The van der Waals surface area contributed by atoms with E-state index in [4.69, 9.17) is 4.74 Å². The molecular formula is C13H18OSi. The molecule has 0 aromatic heterocycles. The van der Waals surface area contributed by atoms with Crippen molar-refractivity contribution in [2.45, 2.75) is 24.5 Å². The summed E-state index contributed by atoms with van der Waals surface area (Å²) in [6.45, 7) is 4.87. The van der Waals surface area contributed by atoms with Gasteiger partial charge in [0.1, 0.15) is 0 Å². The van der Waals surface area contributed by atoms with Crippen molar-refractivity contribution in [1.29, 1.82) is 0 Å². The van der Waals surface area contributed by atoms with E-state index in [0.29, 0.717) is 0 Å². The average Bonchev–Trinajstić information content (AvgIpc) is 2.32. The smallest absolute Gasteiger partial charge is 0.0974 e. The lowest BCUT2D eigenvalue weighted by atomic mass is 10.1. The fraction of sp³-hybridized carbons (Fsp3) is 0.385. The fourth-order valence-corrected chi connectivity index (χ4v) is 4.20. The third-order valence-corrected chi connectivity index (χ3v) is 5.43. The molecule has 1 nitrogen and oxygen atoms in total. The van der Waals surface area contributed by atoms with Crippen molar-refractivity contribution in [1.82, 2.24) is 0 Å². The van der Waals surface area contributed by atoms with E-state index in [0.717, 1.165) is 13.0 Å². The van der Waals surface area contributed by atoms with Gasteiger partial charge in [-0.25, -0.2) is 0 Å². The molecule has 0 N–H and O–H groups in total. The van der Waals surface area contributed by atoms with E-state index in [1.165, 1.54) is 18.0 Å². The van der Waals surface area contributed by atoms with Crippen molar-refractivity contribution in [3.8, 4) is 0 Å². The summed E-state index contributed by atoms with van der Waals surface area (Å²) in [5.74, 6) is 0. The molecule has 2 heteroatoms. The summed E-state index contributed by atoms with van der Waals surface area (Å²) in [5, 5.41) is 1.50. The summed E-state index contributed by atoms with van der Waals surface area (Å²) >= 11 is 0. The molecule has 1 aliphatic rings. The van der Waals surface area contributed by atoms with Crippen LogP contribution >= 0.6 is 0 Å². The van der Waals surface area contributed by atoms with Crippen molar-refractivity contribution < 1.29 is 4.74 Å². The predicted molar refractivity (Wildman–Crippen MR) is 67.4 cm³/mol. The van der Waals surface area contributed by atoms with Crippen LogP contribution in [0.25, 0.3) is 0 Å². The molecule has 0 aliphatic carbocycles. The largest absolute Gasteiger partial charge is 0.375 e. The number of rotatable bonds is 3. The van der Waals surface area contributed by atoms with Gasteiger partial charge < -0.3 is 4.74 Å². The number of hydrogen-bond donors (Lipinski definition) is 0. The van der Waals surface area contributed by atoms with Gasteiger partial charge in [-0.05, 0) is 19.3 Å². The van der Waals surface area contributed by atoms with Gasteiger partial charge in [0.2, 0.25) is 0 Å². The molecule has 0 bridgehead atoms. The van der Waals surface area contributed by atoms with Crippen LogP contribution in [0.1, 0.15) is 19.3 Å².